The van der Waals surface area contributed by atoms with Crippen molar-refractivity contribution < 1.29 is 4.74 Å². The number of rotatable bonds is 5. The van der Waals surface area contributed by atoms with Crippen molar-refractivity contribution in [3.05, 3.63) is 59.7 Å². The molecule has 2 heteroatoms. The third kappa shape index (κ3) is 5.14. The minimum absolute atomic E-state index is 0.905. The Balaban J connectivity index is 0.00000106. The summed E-state index contributed by atoms with van der Waals surface area (Å²) in [5.41, 5.74) is 3.86. The summed E-state index contributed by atoms with van der Waals surface area (Å²) >= 11 is 0. The van der Waals surface area contributed by atoms with Gasteiger partial charge in [-0.05, 0) is 43.7 Å². The summed E-state index contributed by atoms with van der Waals surface area (Å²) in [6, 6.07) is 16.9. The summed E-state index contributed by atoms with van der Waals surface area (Å²) in [5, 5.41) is 0. The molecule has 2 rings (SSSR count). The van der Waals surface area contributed by atoms with Crippen LogP contribution in [0.3, 0.4) is 0 Å². The zero-order valence-electron chi connectivity index (χ0n) is 13.9. The van der Waals surface area contributed by atoms with Crippen LogP contribution in [0.4, 0.5) is 5.69 Å². The highest BCUT2D eigenvalue weighted by Crippen LogP contribution is 2.19. The molecule has 0 saturated carbocycles. The number of methoxy groups -OCH3 is 1. The molecule has 0 aliphatic rings. The Morgan fingerprint density at radius 2 is 1.48 bits per heavy atom. The molecule has 0 N–H and O–H groups in total. The van der Waals surface area contributed by atoms with Gasteiger partial charge in [0.25, 0.3) is 0 Å². The van der Waals surface area contributed by atoms with Crippen LogP contribution in [0.5, 0.6) is 5.75 Å². The molecule has 0 fully saturated rings. The number of hydrogen-bond donors (Lipinski definition) is 0. The van der Waals surface area contributed by atoms with E-state index in [0.717, 1.165) is 18.8 Å². The Kier molecular flexibility index (Phi) is 7.38. The van der Waals surface area contributed by atoms with Gasteiger partial charge in [0.1, 0.15) is 5.75 Å². The lowest BCUT2D eigenvalue weighted by Gasteiger charge is -2.23. The summed E-state index contributed by atoms with van der Waals surface area (Å²) in [4.78, 5) is 2.36. The molecule has 0 heterocycles. The Morgan fingerprint density at radius 1 is 0.905 bits per heavy atom. The second kappa shape index (κ2) is 9.06. The first-order valence-electron chi connectivity index (χ1n) is 7.67. The average molecular weight is 285 g/mol. The maximum Gasteiger partial charge on any atom is 0.118 e. The lowest BCUT2D eigenvalue weighted by molar-refractivity contribution is 0.414. The van der Waals surface area contributed by atoms with Gasteiger partial charge in [0.05, 0.1) is 7.11 Å². The second-order valence-corrected chi connectivity index (χ2v) is 4.70. The highest BCUT2D eigenvalue weighted by atomic mass is 16.5. The predicted octanol–water partition coefficient (Wildman–Crippen LogP) is 5.06. The summed E-state index contributed by atoms with van der Waals surface area (Å²) in [5.74, 6) is 0.905. The largest absolute Gasteiger partial charge is 0.497 e. The zero-order valence-corrected chi connectivity index (χ0v) is 13.9. The van der Waals surface area contributed by atoms with Gasteiger partial charge in [-0.2, -0.15) is 0 Å². The number of benzene rings is 2. The summed E-state index contributed by atoms with van der Waals surface area (Å²) in [6.07, 6.45) is 0. The van der Waals surface area contributed by atoms with Gasteiger partial charge in [-0.15, -0.1) is 0 Å². The van der Waals surface area contributed by atoms with Crippen molar-refractivity contribution in [1.29, 1.82) is 0 Å². The van der Waals surface area contributed by atoms with E-state index in [2.05, 4.69) is 55.1 Å². The monoisotopic (exact) mass is 285 g/mol. The molecule has 0 amide bonds. The molecular formula is C19H27NO. The van der Waals surface area contributed by atoms with E-state index < -0.39 is 0 Å². The molecule has 21 heavy (non-hydrogen) atoms. The Hall–Kier alpha value is -1.96. The molecule has 0 saturated heterocycles. The van der Waals surface area contributed by atoms with E-state index >= 15 is 0 Å². The van der Waals surface area contributed by atoms with E-state index in [0.29, 0.717) is 0 Å². The van der Waals surface area contributed by atoms with Crippen LogP contribution in [0.2, 0.25) is 0 Å². The van der Waals surface area contributed by atoms with Crippen LogP contribution in [0.25, 0.3) is 0 Å². The SMILES string of the molecule is CC.CCN(Cc1ccc(OC)cc1)c1ccc(C)cc1. The molecule has 0 spiro atoms. The maximum atomic E-state index is 5.18. The third-order valence-corrected chi connectivity index (χ3v) is 3.31. The van der Waals surface area contributed by atoms with Crippen LogP contribution in [0.1, 0.15) is 31.9 Å². The summed E-state index contributed by atoms with van der Waals surface area (Å²) in [7, 11) is 1.69. The van der Waals surface area contributed by atoms with Gasteiger partial charge >= 0.3 is 0 Å². The minimum Gasteiger partial charge on any atom is -0.497 e. The molecule has 2 aromatic rings. The van der Waals surface area contributed by atoms with Crippen molar-refractivity contribution in [2.75, 3.05) is 18.6 Å². The van der Waals surface area contributed by atoms with E-state index in [4.69, 9.17) is 4.74 Å². The average Bonchev–Trinajstić information content (AvgIpc) is 2.56. The van der Waals surface area contributed by atoms with Gasteiger partial charge in [0.2, 0.25) is 0 Å². The predicted molar refractivity (Wildman–Crippen MR) is 92.2 cm³/mol. The first kappa shape index (κ1) is 17.1. The van der Waals surface area contributed by atoms with Crippen LogP contribution >= 0.6 is 0 Å². The molecule has 0 bridgehead atoms. The molecule has 0 aromatic heterocycles. The highest BCUT2D eigenvalue weighted by Gasteiger charge is 2.05. The topological polar surface area (TPSA) is 12.5 Å². The minimum atomic E-state index is 0.905. The van der Waals surface area contributed by atoms with Crippen molar-refractivity contribution in [3.63, 3.8) is 0 Å². The molecule has 0 aliphatic heterocycles. The van der Waals surface area contributed by atoms with E-state index in [1.165, 1.54) is 16.8 Å². The Morgan fingerprint density at radius 3 is 1.95 bits per heavy atom. The maximum absolute atomic E-state index is 5.18. The Bertz CT molecular complexity index is 502. The summed E-state index contributed by atoms with van der Waals surface area (Å²) in [6.45, 7) is 10.2. The second-order valence-electron chi connectivity index (χ2n) is 4.70. The fourth-order valence-electron chi connectivity index (χ4n) is 2.09. The van der Waals surface area contributed by atoms with Crippen LogP contribution < -0.4 is 9.64 Å². The lowest BCUT2D eigenvalue weighted by Crippen LogP contribution is -2.21. The van der Waals surface area contributed by atoms with E-state index in [-0.39, 0.29) is 0 Å². The molecule has 0 aliphatic carbocycles. The molecule has 0 radical (unpaired) electrons. The number of nitrogens with zero attached hydrogens (tertiary/aromatic N) is 1. The Labute approximate surface area is 129 Å². The van der Waals surface area contributed by atoms with Crippen molar-refractivity contribution in [2.45, 2.75) is 34.2 Å². The number of ether oxygens (including phenoxy) is 1. The first-order chi connectivity index (χ1) is 10.2. The third-order valence-electron chi connectivity index (χ3n) is 3.31. The molecule has 0 unspecified atom stereocenters. The van der Waals surface area contributed by atoms with Crippen molar-refractivity contribution in [2.24, 2.45) is 0 Å². The highest BCUT2D eigenvalue weighted by molar-refractivity contribution is 5.48. The lowest BCUT2D eigenvalue weighted by atomic mass is 10.1. The van der Waals surface area contributed by atoms with Crippen molar-refractivity contribution >= 4 is 5.69 Å². The van der Waals surface area contributed by atoms with Crippen LogP contribution in [-0.4, -0.2) is 13.7 Å². The van der Waals surface area contributed by atoms with Gasteiger partial charge in [0.15, 0.2) is 0 Å². The zero-order chi connectivity index (χ0) is 15.7. The van der Waals surface area contributed by atoms with E-state index in [1.54, 1.807) is 7.11 Å². The van der Waals surface area contributed by atoms with Gasteiger partial charge in [-0.1, -0.05) is 43.7 Å². The normalized spacial score (nSPS) is 9.57. The number of hydrogen-bond acceptors (Lipinski definition) is 2. The van der Waals surface area contributed by atoms with Gasteiger partial charge in [-0.3, -0.25) is 0 Å². The van der Waals surface area contributed by atoms with E-state index in [9.17, 15) is 0 Å². The summed E-state index contributed by atoms with van der Waals surface area (Å²) < 4.78 is 5.18. The quantitative estimate of drug-likeness (QED) is 0.761. The van der Waals surface area contributed by atoms with E-state index in [1.807, 2.05) is 26.0 Å². The van der Waals surface area contributed by atoms with Crippen LogP contribution in [0.15, 0.2) is 48.5 Å². The first-order valence-corrected chi connectivity index (χ1v) is 7.67. The van der Waals surface area contributed by atoms with Crippen LogP contribution in [-0.2, 0) is 6.54 Å². The molecule has 0 atom stereocenters. The number of anilines is 1. The van der Waals surface area contributed by atoms with Gasteiger partial charge in [0, 0.05) is 18.8 Å². The molecule has 114 valence electrons. The van der Waals surface area contributed by atoms with Crippen molar-refractivity contribution in [3.8, 4) is 5.75 Å². The molecular weight excluding hydrogens is 258 g/mol. The smallest absolute Gasteiger partial charge is 0.118 e. The number of aryl methyl sites for hydroxylation is 1. The van der Waals surface area contributed by atoms with Gasteiger partial charge < -0.3 is 9.64 Å². The van der Waals surface area contributed by atoms with Crippen LogP contribution in [0, 0.1) is 6.92 Å². The fraction of sp³-hybridized carbons (Fsp3) is 0.368. The van der Waals surface area contributed by atoms with Gasteiger partial charge in [-0.25, -0.2) is 0 Å². The van der Waals surface area contributed by atoms with Crippen molar-refractivity contribution in [1.82, 2.24) is 0 Å². The molecule has 2 nitrogen and oxygen atoms in total. The molecule has 2 aromatic carbocycles. The standard InChI is InChI=1S/C17H21NO.C2H6/c1-4-18(16-9-5-14(2)6-10-16)13-15-7-11-17(19-3)12-8-15;1-2/h5-12H,4,13H2,1-3H3;1-2H3. The fourth-order valence-corrected chi connectivity index (χ4v) is 2.09.